The highest BCUT2D eigenvalue weighted by molar-refractivity contribution is 7.99. The van der Waals surface area contributed by atoms with Gasteiger partial charge in [0.1, 0.15) is 11.0 Å². The molecule has 0 saturated carbocycles. The Morgan fingerprint density at radius 1 is 1.17 bits per heavy atom. The predicted octanol–water partition coefficient (Wildman–Crippen LogP) is 4.52. The number of rotatable bonds is 8. The van der Waals surface area contributed by atoms with E-state index in [2.05, 4.69) is 25.5 Å². The minimum absolute atomic E-state index is 0.00673. The normalized spacial score (nSPS) is 15.9. The second-order valence-corrected chi connectivity index (χ2v) is 10.7. The second kappa shape index (κ2) is 12.9. The van der Waals surface area contributed by atoms with E-state index in [1.54, 1.807) is 18.2 Å². The van der Waals surface area contributed by atoms with E-state index < -0.39 is 0 Å². The molecule has 35 heavy (non-hydrogen) atoms. The summed E-state index contributed by atoms with van der Waals surface area (Å²) < 4.78 is 0. The Morgan fingerprint density at radius 2 is 1.94 bits per heavy atom. The minimum atomic E-state index is -0.136. The smallest absolute Gasteiger partial charge is 0.317 e. The highest BCUT2D eigenvalue weighted by atomic mass is 35.5. The Kier molecular flexibility index (Phi) is 10.1. The Hall–Kier alpha value is -1.94. The monoisotopic (exact) mass is 558 g/mol. The molecule has 0 aliphatic carbocycles. The molecule has 2 N–H and O–H groups in total. The number of thioether (sulfide) groups is 1. The third-order valence-corrected chi connectivity index (χ3v) is 6.98. The molecule has 12 heteroatoms. The molecule has 190 valence electrons. The number of hydrogen-bond acceptors (Lipinski definition) is 6. The van der Waals surface area contributed by atoms with Crippen molar-refractivity contribution >= 4 is 64.3 Å². The van der Waals surface area contributed by atoms with Crippen LogP contribution in [0.2, 0.25) is 15.2 Å². The molecule has 8 nitrogen and oxygen atoms in total. The number of piperazine rings is 1. The first-order valence-electron chi connectivity index (χ1n) is 11.3. The van der Waals surface area contributed by atoms with Gasteiger partial charge in [0.15, 0.2) is 5.16 Å². The molecule has 1 fully saturated rings. The summed E-state index contributed by atoms with van der Waals surface area (Å²) in [5.74, 6) is 0.706. The van der Waals surface area contributed by atoms with Crippen LogP contribution in [0.15, 0.2) is 29.4 Å². The maximum Gasteiger partial charge on any atom is 0.317 e. The molecular weight excluding hydrogens is 531 g/mol. The number of aromatic nitrogens is 2. The van der Waals surface area contributed by atoms with Gasteiger partial charge < -0.3 is 20.4 Å². The molecule has 1 atom stereocenters. The fraction of sp³-hybridized carbons (Fsp3) is 0.478. The molecule has 2 aromatic rings. The van der Waals surface area contributed by atoms with Gasteiger partial charge in [-0.05, 0) is 44.9 Å². The van der Waals surface area contributed by atoms with E-state index in [4.69, 9.17) is 34.8 Å². The number of nitrogens with zero attached hydrogens (tertiary/aromatic N) is 4. The summed E-state index contributed by atoms with van der Waals surface area (Å²) >= 11 is 19.6. The average Bonchev–Trinajstić information content (AvgIpc) is 2.78. The lowest BCUT2D eigenvalue weighted by Crippen LogP contribution is -2.57. The van der Waals surface area contributed by atoms with E-state index in [0.29, 0.717) is 58.8 Å². The third-order valence-electron chi connectivity index (χ3n) is 5.35. The van der Waals surface area contributed by atoms with Crippen LogP contribution >= 0.6 is 46.6 Å². The third kappa shape index (κ3) is 8.31. The Balaban J connectivity index is 1.51. The molecular formula is C23H29Cl3N6O2S. The summed E-state index contributed by atoms with van der Waals surface area (Å²) in [6, 6.07) is 7.05. The van der Waals surface area contributed by atoms with Crippen molar-refractivity contribution in [2.45, 2.75) is 44.4 Å². The minimum Gasteiger partial charge on any atom is -0.355 e. The van der Waals surface area contributed by atoms with E-state index in [-0.39, 0.29) is 29.8 Å². The maximum absolute atomic E-state index is 12.4. The van der Waals surface area contributed by atoms with Gasteiger partial charge in [-0.15, -0.1) is 0 Å². The first kappa shape index (κ1) is 27.6. The molecule has 1 unspecified atom stereocenters. The zero-order valence-electron chi connectivity index (χ0n) is 19.9. The summed E-state index contributed by atoms with van der Waals surface area (Å²) in [5, 5.41) is 7.71. The number of urea groups is 1. The van der Waals surface area contributed by atoms with Gasteiger partial charge in [-0.3, -0.25) is 4.79 Å². The van der Waals surface area contributed by atoms with Crippen molar-refractivity contribution in [3.63, 3.8) is 0 Å². The first-order valence-corrected chi connectivity index (χ1v) is 13.4. The van der Waals surface area contributed by atoms with Crippen molar-refractivity contribution in [1.29, 1.82) is 0 Å². The SMILES string of the molecule is CC(C)NC(=O)N1CCN(c2cc(Cl)nc(SCC(=O)NCCc3ccc(Cl)cc3Cl)n2)CC1C. The van der Waals surface area contributed by atoms with Crippen LogP contribution in [0.1, 0.15) is 26.3 Å². The van der Waals surface area contributed by atoms with Gasteiger partial charge in [-0.2, -0.15) is 0 Å². The highest BCUT2D eigenvalue weighted by Crippen LogP contribution is 2.24. The van der Waals surface area contributed by atoms with E-state index >= 15 is 0 Å². The number of benzene rings is 1. The molecule has 1 aliphatic heterocycles. The van der Waals surface area contributed by atoms with E-state index in [1.165, 1.54) is 11.8 Å². The van der Waals surface area contributed by atoms with E-state index in [1.807, 2.05) is 31.7 Å². The average molecular weight is 560 g/mol. The zero-order chi connectivity index (χ0) is 25.5. The molecule has 0 bridgehead atoms. The summed E-state index contributed by atoms with van der Waals surface area (Å²) in [7, 11) is 0. The summed E-state index contributed by atoms with van der Waals surface area (Å²) in [6.45, 7) is 8.16. The Labute approximate surface area is 225 Å². The van der Waals surface area contributed by atoms with Crippen LogP contribution in [-0.2, 0) is 11.2 Å². The van der Waals surface area contributed by atoms with Crippen molar-refractivity contribution in [2.75, 3.05) is 36.8 Å². The molecule has 3 rings (SSSR count). The highest BCUT2D eigenvalue weighted by Gasteiger charge is 2.28. The lowest BCUT2D eigenvalue weighted by atomic mass is 10.1. The Bertz CT molecular complexity index is 1060. The second-order valence-electron chi connectivity index (χ2n) is 8.55. The molecule has 1 aliphatic rings. The number of carbonyl (C=O) groups is 2. The standard InChI is InChI=1S/C23H29Cl3N6O2S/c1-14(2)28-23(34)32-9-8-31(12-15(32)3)20-11-19(26)29-22(30-20)35-13-21(33)27-7-6-16-4-5-17(24)10-18(16)25/h4-5,10-11,14-15H,6-9,12-13H2,1-3H3,(H,27,33)(H,28,34). The van der Waals surface area contributed by atoms with Gasteiger partial charge >= 0.3 is 6.03 Å². The van der Waals surface area contributed by atoms with Crippen molar-refractivity contribution in [3.05, 3.63) is 45.0 Å². The van der Waals surface area contributed by atoms with Gasteiger partial charge in [0, 0.05) is 54.4 Å². The molecule has 0 spiro atoms. The van der Waals surface area contributed by atoms with Gasteiger partial charge in [-0.25, -0.2) is 14.8 Å². The lowest BCUT2D eigenvalue weighted by molar-refractivity contribution is -0.118. The molecule has 0 radical (unpaired) electrons. The van der Waals surface area contributed by atoms with Crippen molar-refractivity contribution in [2.24, 2.45) is 0 Å². The molecule has 1 aromatic carbocycles. The summed E-state index contributed by atoms with van der Waals surface area (Å²) in [5.41, 5.74) is 0.919. The van der Waals surface area contributed by atoms with Crippen molar-refractivity contribution in [3.8, 4) is 0 Å². The molecule has 1 saturated heterocycles. The largest absolute Gasteiger partial charge is 0.355 e. The quantitative estimate of drug-likeness (QED) is 0.281. The van der Waals surface area contributed by atoms with Crippen LogP contribution in [0, 0.1) is 0 Å². The number of amides is 3. The number of nitrogens with one attached hydrogen (secondary N) is 2. The van der Waals surface area contributed by atoms with E-state index in [0.717, 1.165) is 5.56 Å². The van der Waals surface area contributed by atoms with Gasteiger partial charge in [0.2, 0.25) is 5.91 Å². The zero-order valence-corrected chi connectivity index (χ0v) is 22.9. The van der Waals surface area contributed by atoms with Gasteiger partial charge in [0.05, 0.1) is 5.75 Å². The molecule has 2 heterocycles. The molecule has 1 aromatic heterocycles. The van der Waals surface area contributed by atoms with Crippen LogP contribution < -0.4 is 15.5 Å². The number of halogens is 3. The van der Waals surface area contributed by atoms with Crippen LogP contribution in [-0.4, -0.2) is 70.8 Å². The Morgan fingerprint density at radius 3 is 2.63 bits per heavy atom. The topological polar surface area (TPSA) is 90.5 Å². The summed E-state index contributed by atoms with van der Waals surface area (Å²) in [6.07, 6.45) is 0.601. The van der Waals surface area contributed by atoms with Gasteiger partial charge in [0.25, 0.3) is 0 Å². The van der Waals surface area contributed by atoms with Crippen LogP contribution in [0.25, 0.3) is 0 Å². The fourth-order valence-corrected chi connectivity index (χ4v) is 5.07. The molecule has 3 amide bonds. The van der Waals surface area contributed by atoms with Crippen molar-refractivity contribution < 1.29 is 9.59 Å². The predicted molar refractivity (Wildman–Crippen MR) is 143 cm³/mol. The lowest BCUT2D eigenvalue weighted by Gasteiger charge is -2.40. The number of carbonyl (C=O) groups excluding carboxylic acids is 2. The van der Waals surface area contributed by atoms with Crippen LogP contribution in [0.4, 0.5) is 10.6 Å². The van der Waals surface area contributed by atoms with Gasteiger partial charge in [-0.1, -0.05) is 52.6 Å². The number of hydrogen-bond donors (Lipinski definition) is 2. The van der Waals surface area contributed by atoms with Crippen LogP contribution in [0.3, 0.4) is 0 Å². The van der Waals surface area contributed by atoms with Crippen molar-refractivity contribution in [1.82, 2.24) is 25.5 Å². The number of anilines is 1. The summed E-state index contributed by atoms with van der Waals surface area (Å²) in [4.78, 5) is 37.5. The fourth-order valence-electron chi connectivity index (χ4n) is 3.65. The van der Waals surface area contributed by atoms with E-state index in [9.17, 15) is 9.59 Å². The van der Waals surface area contributed by atoms with Crippen LogP contribution in [0.5, 0.6) is 0 Å². The maximum atomic E-state index is 12.4. The first-order chi connectivity index (χ1) is 16.6.